The van der Waals surface area contributed by atoms with Crippen LogP contribution in [0.3, 0.4) is 0 Å². The lowest BCUT2D eigenvalue weighted by atomic mass is 9.94. The molecule has 2 unspecified atom stereocenters. The van der Waals surface area contributed by atoms with Crippen molar-refractivity contribution in [2.45, 2.75) is 38.7 Å². The SMILES string of the molecule is CN(CC(C)(C)O)C(=O)C1CCCC1C(=O)O. The summed E-state index contributed by atoms with van der Waals surface area (Å²) in [5.41, 5.74) is -0.957. The largest absolute Gasteiger partial charge is 0.481 e. The topological polar surface area (TPSA) is 77.8 Å². The second-order valence-electron chi connectivity index (χ2n) is 5.49. The molecule has 1 saturated carbocycles. The maximum atomic E-state index is 12.1. The molecule has 0 aromatic heterocycles. The summed E-state index contributed by atoms with van der Waals surface area (Å²) < 4.78 is 0. The van der Waals surface area contributed by atoms with E-state index in [1.807, 2.05) is 0 Å². The van der Waals surface area contributed by atoms with Crippen molar-refractivity contribution in [3.05, 3.63) is 0 Å². The second kappa shape index (κ2) is 5.04. The maximum absolute atomic E-state index is 12.1. The van der Waals surface area contributed by atoms with Gasteiger partial charge in [0.25, 0.3) is 0 Å². The first-order valence-electron chi connectivity index (χ1n) is 5.92. The lowest BCUT2D eigenvalue weighted by molar-refractivity contribution is -0.149. The third kappa shape index (κ3) is 3.70. The zero-order valence-electron chi connectivity index (χ0n) is 10.6. The van der Waals surface area contributed by atoms with E-state index in [2.05, 4.69) is 0 Å². The number of aliphatic carboxylic acids is 1. The molecule has 1 aliphatic carbocycles. The highest BCUT2D eigenvalue weighted by Crippen LogP contribution is 2.33. The number of carboxylic acids is 1. The van der Waals surface area contributed by atoms with Gasteiger partial charge in [-0.25, -0.2) is 0 Å². The number of likely N-dealkylation sites (N-methyl/N-ethyl adjacent to an activating group) is 1. The van der Waals surface area contributed by atoms with Gasteiger partial charge in [-0.15, -0.1) is 0 Å². The van der Waals surface area contributed by atoms with Crippen molar-refractivity contribution in [2.75, 3.05) is 13.6 Å². The van der Waals surface area contributed by atoms with Crippen LogP contribution in [0.1, 0.15) is 33.1 Å². The number of carbonyl (C=O) groups is 2. The molecule has 1 aliphatic rings. The van der Waals surface area contributed by atoms with Gasteiger partial charge in [0.05, 0.1) is 17.4 Å². The van der Waals surface area contributed by atoms with Crippen molar-refractivity contribution in [3.8, 4) is 0 Å². The molecule has 0 heterocycles. The maximum Gasteiger partial charge on any atom is 0.307 e. The van der Waals surface area contributed by atoms with E-state index in [1.165, 1.54) is 4.90 Å². The summed E-state index contributed by atoms with van der Waals surface area (Å²) in [6.45, 7) is 3.47. The fourth-order valence-electron chi connectivity index (χ4n) is 2.49. The molecule has 0 aromatic rings. The molecule has 2 N–H and O–H groups in total. The normalized spacial score (nSPS) is 24.7. The van der Waals surface area contributed by atoms with E-state index in [-0.39, 0.29) is 12.5 Å². The van der Waals surface area contributed by atoms with Crippen LogP contribution in [0.25, 0.3) is 0 Å². The van der Waals surface area contributed by atoms with Crippen LogP contribution < -0.4 is 0 Å². The number of rotatable bonds is 4. The van der Waals surface area contributed by atoms with Crippen LogP contribution in [0.4, 0.5) is 0 Å². The molecule has 0 radical (unpaired) electrons. The Balaban J connectivity index is 2.66. The van der Waals surface area contributed by atoms with Gasteiger partial charge >= 0.3 is 5.97 Å². The molecule has 5 heteroatoms. The van der Waals surface area contributed by atoms with Crippen molar-refractivity contribution in [1.29, 1.82) is 0 Å². The fourth-order valence-corrected chi connectivity index (χ4v) is 2.49. The highest BCUT2D eigenvalue weighted by Gasteiger charge is 2.39. The first-order valence-corrected chi connectivity index (χ1v) is 5.92. The van der Waals surface area contributed by atoms with E-state index in [1.54, 1.807) is 20.9 Å². The number of amides is 1. The van der Waals surface area contributed by atoms with Crippen molar-refractivity contribution < 1.29 is 19.8 Å². The molecule has 0 aromatic carbocycles. The number of hydrogen-bond acceptors (Lipinski definition) is 3. The highest BCUT2D eigenvalue weighted by atomic mass is 16.4. The average molecular weight is 243 g/mol. The van der Waals surface area contributed by atoms with Gasteiger partial charge in [-0.1, -0.05) is 6.42 Å². The Kier molecular flexibility index (Phi) is 4.14. The molecule has 5 nitrogen and oxygen atoms in total. The predicted octanol–water partition coefficient (Wildman–Crippen LogP) is 0.717. The fraction of sp³-hybridized carbons (Fsp3) is 0.833. The summed E-state index contributed by atoms with van der Waals surface area (Å²) in [5, 5.41) is 18.7. The molecule has 1 fully saturated rings. The Morgan fingerprint density at radius 1 is 1.29 bits per heavy atom. The molecule has 0 bridgehead atoms. The van der Waals surface area contributed by atoms with E-state index in [9.17, 15) is 14.7 Å². The van der Waals surface area contributed by atoms with Crippen LogP contribution in [0.2, 0.25) is 0 Å². The second-order valence-corrected chi connectivity index (χ2v) is 5.49. The minimum absolute atomic E-state index is 0.169. The number of nitrogens with zero attached hydrogens (tertiary/aromatic N) is 1. The lowest BCUT2D eigenvalue weighted by Crippen LogP contribution is -2.43. The number of carbonyl (C=O) groups excluding carboxylic acids is 1. The summed E-state index contributed by atoms with van der Waals surface area (Å²) in [4.78, 5) is 24.5. The van der Waals surface area contributed by atoms with Gasteiger partial charge in [0.15, 0.2) is 0 Å². The molecule has 1 rings (SSSR count). The Morgan fingerprint density at radius 2 is 1.82 bits per heavy atom. The minimum atomic E-state index is -0.957. The molecular weight excluding hydrogens is 222 g/mol. The van der Waals surface area contributed by atoms with Gasteiger partial charge in [0.1, 0.15) is 0 Å². The minimum Gasteiger partial charge on any atom is -0.481 e. The van der Waals surface area contributed by atoms with Crippen LogP contribution >= 0.6 is 0 Å². The zero-order chi connectivity index (χ0) is 13.2. The average Bonchev–Trinajstić information content (AvgIpc) is 2.61. The first-order chi connectivity index (χ1) is 7.72. The van der Waals surface area contributed by atoms with Crippen LogP contribution in [-0.4, -0.2) is 46.2 Å². The molecule has 0 spiro atoms. The molecule has 2 atom stereocenters. The Morgan fingerprint density at radius 3 is 2.29 bits per heavy atom. The van der Waals surface area contributed by atoms with Crippen molar-refractivity contribution in [1.82, 2.24) is 4.90 Å². The number of aliphatic hydroxyl groups is 1. The highest BCUT2D eigenvalue weighted by molar-refractivity contribution is 5.85. The van der Waals surface area contributed by atoms with Gasteiger partial charge in [-0.3, -0.25) is 9.59 Å². The summed E-state index contributed by atoms with van der Waals surface area (Å²) in [5.74, 6) is -2.05. The molecule has 0 saturated heterocycles. The van der Waals surface area contributed by atoms with Crippen LogP contribution in [0.5, 0.6) is 0 Å². The van der Waals surface area contributed by atoms with E-state index < -0.39 is 23.4 Å². The lowest BCUT2D eigenvalue weighted by Gasteiger charge is -2.28. The standard InChI is InChI=1S/C12H21NO4/c1-12(2,17)7-13(3)10(14)8-5-4-6-9(8)11(15)16/h8-9,17H,4-7H2,1-3H3,(H,15,16). The monoisotopic (exact) mass is 243 g/mol. The van der Waals surface area contributed by atoms with E-state index in [4.69, 9.17) is 5.11 Å². The van der Waals surface area contributed by atoms with Crippen LogP contribution in [0.15, 0.2) is 0 Å². The van der Waals surface area contributed by atoms with Gasteiger partial charge < -0.3 is 15.1 Å². The van der Waals surface area contributed by atoms with Crippen LogP contribution in [-0.2, 0) is 9.59 Å². The number of hydrogen-bond donors (Lipinski definition) is 2. The van der Waals surface area contributed by atoms with Crippen LogP contribution in [0, 0.1) is 11.8 Å². The van der Waals surface area contributed by atoms with Gasteiger partial charge in [0, 0.05) is 13.6 Å². The van der Waals surface area contributed by atoms with E-state index in [0.29, 0.717) is 12.8 Å². The first kappa shape index (κ1) is 14.0. The van der Waals surface area contributed by atoms with Gasteiger partial charge in [0.2, 0.25) is 5.91 Å². The van der Waals surface area contributed by atoms with Crippen molar-refractivity contribution in [2.24, 2.45) is 11.8 Å². The third-order valence-corrected chi connectivity index (χ3v) is 3.15. The van der Waals surface area contributed by atoms with Crippen molar-refractivity contribution >= 4 is 11.9 Å². The molecule has 98 valence electrons. The summed E-state index contributed by atoms with van der Waals surface area (Å²) in [7, 11) is 1.61. The third-order valence-electron chi connectivity index (χ3n) is 3.15. The summed E-state index contributed by atoms with van der Waals surface area (Å²) >= 11 is 0. The Hall–Kier alpha value is -1.10. The summed E-state index contributed by atoms with van der Waals surface area (Å²) in [6, 6.07) is 0. The van der Waals surface area contributed by atoms with Gasteiger partial charge in [-0.2, -0.15) is 0 Å². The zero-order valence-corrected chi connectivity index (χ0v) is 10.6. The molecule has 1 amide bonds. The molecule has 17 heavy (non-hydrogen) atoms. The molecule has 0 aliphatic heterocycles. The number of carboxylic acid groups (broad SMARTS) is 1. The quantitative estimate of drug-likeness (QED) is 0.762. The predicted molar refractivity (Wildman–Crippen MR) is 62.4 cm³/mol. The summed E-state index contributed by atoms with van der Waals surface area (Å²) in [6.07, 6.45) is 1.98. The Labute approximate surface area is 101 Å². The van der Waals surface area contributed by atoms with E-state index >= 15 is 0 Å². The smallest absolute Gasteiger partial charge is 0.307 e. The Bertz CT molecular complexity index is 308. The van der Waals surface area contributed by atoms with Gasteiger partial charge in [-0.05, 0) is 26.7 Å². The molecular formula is C12H21NO4. The van der Waals surface area contributed by atoms with E-state index in [0.717, 1.165) is 6.42 Å². The van der Waals surface area contributed by atoms with Crippen molar-refractivity contribution in [3.63, 3.8) is 0 Å².